The molecule has 5 rings (SSSR count). The van der Waals surface area contributed by atoms with E-state index >= 15 is 0 Å². The third kappa shape index (κ3) is 2.59. The lowest BCUT2D eigenvalue weighted by Crippen LogP contribution is -2.32. The van der Waals surface area contributed by atoms with Gasteiger partial charge in [-0.1, -0.05) is 74.5 Å². The number of hydrogen-bond donors (Lipinski definition) is 1. The molecule has 1 aliphatic heterocycles. The Morgan fingerprint density at radius 1 is 0.889 bits per heavy atom. The van der Waals surface area contributed by atoms with Crippen LogP contribution in [-0.2, 0) is 4.79 Å². The summed E-state index contributed by atoms with van der Waals surface area (Å²) in [6, 6.07) is 23.2. The molecule has 0 fully saturated rings. The van der Waals surface area contributed by atoms with Gasteiger partial charge in [0.15, 0.2) is 5.78 Å². The topological polar surface area (TPSA) is 29.1 Å². The van der Waals surface area contributed by atoms with Crippen molar-refractivity contribution >= 4 is 27.8 Å². The number of allylic oxidation sites excluding steroid dienone is 1. The van der Waals surface area contributed by atoms with Crippen LogP contribution in [0.5, 0.6) is 0 Å². The Bertz CT molecular complexity index is 1090. The third-order valence-electron chi connectivity index (χ3n) is 5.87. The number of anilines is 1. The normalized spacial score (nSPS) is 20.8. The fourth-order valence-electron chi connectivity index (χ4n) is 4.75. The smallest absolute Gasteiger partial charge is 0.164 e. The van der Waals surface area contributed by atoms with E-state index in [1.807, 2.05) is 6.07 Å². The van der Waals surface area contributed by atoms with E-state index in [-0.39, 0.29) is 17.2 Å². The van der Waals surface area contributed by atoms with Gasteiger partial charge in [0.25, 0.3) is 0 Å². The van der Waals surface area contributed by atoms with Gasteiger partial charge in [0.1, 0.15) is 0 Å². The molecule has 2 nitrogen and oxygen atoms in total. The van der Waals surface area contributed by atoms with E-state index in [0.717, 1.165) is 28.6 Å². The van der Waals surface area contributed by atoms with Crippen molar-refractivity contribution in [3.63, 3.8) is 0 Å². The van der Waals surface area contributed by atoms with E-state index in [9.17, 15) is 4.79 Å². The molecule has 0 spiro atoms. The van der Waals surface area contributed by atoms with Crippen LogP contribution in [0.15, 0.2) is 72.3 Å². The number of nitrogens with one attached hydrogen (secondary N) is 1. The molecule has 2 heteroatoms. The highest BCUT2D eigenvalue weighted by atomic mass is 16.1. The van der Waals surface area contributed by atoms with Gasteiger partial charge in [-0.25, -0.2) is 0 Å². The number of benzene rings is 3. The third-order valence-corrected chi connectivity index (χ3v) is 5.87. The fraction of sp³-hybridized carbons (Fsp3) is 0.240. The van der Waals surface area contributed by atoms with Crippen LogP contribution in [0.1, 0.15) is 43.9 Å². The summed E-state index contributed by atoms with van der Waals surface area (Å²) < 4.78 is 0. The van der Waals surface area contributed by atoms with E-state index in [2.05, 4.69) is 79.8 Å². The highest BCUT2D eigenvalue weighted by Gasteiger charge is 2.40. The van der Waals surface area contributed by atoms with Crippen molar-refractivity contribution in [2.24, 2.45) is 5.41 Å². The molecule has 2 aliphatic rings. The zero-order valence-corrected chi connectivity index (χ0v) is 15.8. The quantitative estimate of drug-likeness (QED) is 0.568. The van der Waals surface area contributed by atoms with Crippen LogP contribution in [-0.4, -0.2) is 5.78 Å². The highest BCUT2D eigenvalue weighted by Crippen LogP contribution is 2.51. The first-order valence-corrected chi connectivity index (χ1v) is 9.63. The van der Waals surface area contributed by atoms with Gasteiger partial charge in [0.2, 0.25) is 0 Å². The maximum absolute atomic E-state index is 13.3. The summed E-state index contributed by atoms with van der Waals surface area (Å²) in [7, 11) is 0. The molecule has 1 atom stereocenters. The van der Waals surface area contributed by atoms with Gasteiger partial charge in [0.05, 0.1) is 6.04 Å². The van der Waals surface area contributed by atoms with Crippen LogP contribution in [0.25, 0.3) is 16.3 Å². The molecule has 1 aliphatic carbocycles. The lowest BCUT2D eigenvalue weighted by molar-refractivity contribution is -0.116. The van der Waals surface area contributed by atoms with Gasteiger partial charge >= 0.3 is 0 Å². The Kier molecular flexibility index (Phi) is 3.51. The maximum Gasteiger partial charge on any atom is 0.164 e. The molecule has 0 unspecified atom stereocenters. The minimum atomic E-state index is -0.00723. The number of rotatable bonds is 1. The molecule has 1 N–H and O–H groups in total. The largest absolute Gasteiger partial charge is 0.374 e. The van der Waals surface area contributed by atoms with Crippen LogP contribution in [0.2, 0.25) is 0 Å². The van der Waals surface area contributed by atoms with E-state index < -0.39 is 0 Å². The summed E-state index contributed by atoms with van der Waals surface area (Å²) in [4.78, 5) is 13.3. The second kappa shape index (κ2) is 5.82. The minimum absolute atomic E-state index is 0.00723. The summed E-state index contributed by atoms with van der Waals surface area (Å²) in [5.74, 6) is 0.279. The molecule has 0 bridgehead atoms. The first-order chi connectivity index (χ1) is 13.0. The highest BCUT2D eigenvalue weighted by molar-refractivity contribution is 6.28. The second-order valence-electron chi connectivity index (χ2n) is 8.54. The molecule has 1 heterocycles. The fourth-order valence-corrected chi connectivity index (χ4v) is 4.75. The van der Waals surface area contributed by atoms with Crippen molar-refractivity contribution in [1.82, 2.24) is 0 Å². The van der Waals surface area contributed by atoms with E-state index in [0.29, 0.717) is 6.42 Å². The van der Waals surface area contributed by atoms with Crippen LogP contribution in [0, 0.1) is 5.41 Å². The summed E-state index contributed by atoms with van der Waals surface area (Å²) in [6.45, 7) is 4.41. The number of ketones is 1. The standard InChI is InChI=1S/C25H23NO/c1-25(2)14-19-23(21(27)15-25)22-18-11-7-6-8-16(18)12-13-20(22)26-24(19)17-9-4-3-5-10-17/h3-13,24,26H,14-15H2,1-2H3/t24-/m1/s1. The predicted molar refractivity (Wildman–Crippen MR) is 112 cm³/mol. The Morgan fingerprint density at radius 2 is 1.63 bits per heavy atom. The summed E-state index contributed by atoms with van der Waals surface area (Å²) >= 11 is 0. The van der Waals surface area contributed by atoms with Gasteiger partial charge < -0.3 is 5.32 Å². The zero-order valence-electron chi connectivity index (χ0n) is 15.8. The van der Waals surface area contributed by atoms with Crippen LogP contribution in [0.3, 0.4) is 0 Å². The van der Waals surface area contributed by atoms with Crippen molar-refractivity contribution in [3.8, 4) is 0 Å². The number of Topliss-reactive ketones (excluding diaryl/α,β-unsaturated/α-hetero) is 1. The Hall–Kier alpha value is -2.87. The van der Waals surface area contributed by atoms with Gasteiger partial charge in [-0.15, -0.1) is 0 Å². The predicted octanol–water partition coefficient (Wildman–Crippen LogP) is 6.15. The number of carbonyl (C=O) groups excluding carboxylic acids is 1. The molecule has 27 heavy (non-hydrogen) atoms. The van der Waals surface area contributed by atoms with Gasteiger partial charge in [0, 0.05) is 23.2 Å². The number of carbonyl (C=O) groups is 1. The summed E-state index contributed by atoms with van der Waals surface area (Å²) in [5.41, 5.74) is 5.56. The first kappa shape index (κ1) is 16.3. The molecule has 3 aromatic rings. The van der Waals surface area contributed by atoms with Crippen molar-refractivity contribution in [2.75, 3.05) is 5.32 Å². The number of fused-ring (bicyclic) bond motifs is 4. The van der Waals surface area contributed by atoms with Crippen LogP contribution < -0.4 is 5.32 Å². The Morgan fingerprint density at radius 3 is 2.44 bits per heavy atom. The SMILES string of the molecule is CC1(C)CC(=O)C2=C(C1)[C@@H](c1ccccc1)Nc1ccc3ccccc3c12. The second-order valence-corrected chi connectivity index (χ2v) is 8.54. The molecule has 0 saturated heterocycles. The van der Waals surface area contributed by atoms with Gasteiger partial charge in [-0.2, -0.15) is 0 Å². The van der Waals surface area contributed by atoms with E-state index in [1.165, 1.54) is 16.5 Å². The molecule has 0 radical (unpaired) electrons. The van der Waals surface area contributed by atoms with Crippen LogP contribution >= 0.6 is 0 Å². The lowest BCUT2D eigenvalue weighted by Gasteiger charge is -2.40. The molecule has 0 aromatic heterocycles. The molecule has 0 saturated carbocycles. The summed E-state index contributed by atoms with van der Waals surface area (Å²) in [6.07, 6.45) is 1.54. The molecule has 134 valence electrons. The average Bonchev–Trinajstić information content (AvgIpc) is 2.66. The van der Waals surface area contributed by atoms with E-state index in [1.54, 1.807) is 0 Å². The Balaban J connectivity index is 1.82. The van der Waals surface area contributed by atoms with Crippen molar-refractivity contribution in [3.05, 3.63) is 83.4 Å². The molecule has 3 aromatic carbocycles. The molecule has 0 amide bonds. The number of hydrogen-bond acceptors (Lipinski definition) is 2. The molecular weight excluding hydrogens is 330 g/mol. The van der Waals surface area contributed by atoms with Crippen molar-refractivity contribution < 1.29 is 4.79 Å². The van der Waals surface area contributed by atoms with Crippen LogP contribution in [0.4, 0.5) is 5.69 Å². The van der Waals surface area contributed by atoms with Gasteiger partial charge in [-0.05, 0) is 39.8 Å². The lowest BCUT2D eigenvalue weighted by atomic mass is 9.68. The summed E-state index contributed by atoms with van der Waals surface area (Å²) in [5, 5.41) is 6.10. The van der Waals surface area contributed by atoms with Crippen molar-refractivity contribution in [2.45, 2.75) is 32.7 Å². The maximum atomic E-state index is 13.3. The first-order valence-electron chi connectivity index (χ1n) is 9.63. The molecular formula is C25H23NO. The monoisotopic (exact) mass is 353 g/mol. The van der Waals surface area contributed by atoms with Crippen molar-refractivity contribution in [1.29, 1.82) is 0 Å². The average molecular weight is 353 g/mol. The zero-order chi connectivity index (χ0) is 18.6. The van der Waals surface area contributed by atoms with Gasteiger partial charge in [-0.3, -0.25) is 4.79 Å². The Labute approximate surface area is 159 Å². The van der Waals surface area contributed by atoms with E-state index in [4.69, 9.17) is 0 Å². The minimum Gasteiger partial charge on any atom is -0.374 e.